The Kier molecular flexibility index (Phi) is 37.7. The molecular formula is C48H98O4S. The Hall–Kier alpha value is -0.710. The predicted molar refractivity (Wildman–Crippen MR) is 240 cm³/mol. The van der Waals surface area contributed by atoms with Crippen molar-refractivity contribution in [1.82, 2.24) is 0 Å². The van der Waals surface area contributed by atoms with Crippen LogP contribution in [-0.4, -0.2) is 29.2 Å². The number of carbonyl (C=O) groups is 2. The van der Waals surface area contributed by atoms with E-state index in [1.54, 1.807) is 0 Å². The molecule has 0 spiro atoms. The molecule has 0 fully saturated rings. The molecule has 0 bridgehead atoms. The van der Waals surface area contributed by atoms with E-state index in [-0.39, 0.29) is 11.9 Å². The minimum Gasteiger partial charge on any atom is -0.376 e. The minimum absolute atomic E-state index is 0.165. The molecule has 0 aromatic carbocycles. The van der Waals surface area contributed by atoms with Gasteiger partial charge >= 0.3 is 11.9 Å². The van der Waals surface area contributed by atoms with Gasteiger partial charge in [-0.15, -0.1) is 0 Å². The molecule has 320 valence electrons. The number of hydrogen-bond donors (Lipinski definition) is 1. The van der Waals surface area contributed by atoms with E-state index < -0.39 is 9.72 Å². The summed E-state index contributed by atoms with van der Waals surface area (Å²) in [6.07, 6.45) is 47.5. The van der Waals surface area contributed by atoms with E-state index in [0.717, 1.165) is 55.8 Å². The molecule has 0 radical (unpaired) electrons. The van der Waals surface area contributed by atoms with Crippen molar-refractivity contribution in [2.75, 3.05) is 17.3 Å². The second-order valence-electron chi connectivity index (χ2n) is 17.0. The van der Waals surface area contributed by atoms with Crippen LogP contribution in [0.25, 0.3) is 0 Å². The van der Waals surface area contributed by atoms with Gasteiger partial charge in [0, 0.05) is 30.1 Å². The Labute approximate surface area is 334 Å². The van der Waals surface area contributed by atoms with Crippen molar-refractivity contribution in [3.05, 3.63) is 0 Å². The molecule has 0 atom stereocenters. The van der Waals surface area contributed by atoms with Crippen molar-refractivity contribution < 1.29 is 18.0 Å². The van der Waals surface area contributed by atoms with Crippen LogP contribution in [0.5, 0.6) is 0 Å². The standard InChI is InChI=1S/C48H98O4S/c1-6-11-14-17-20-23-26-27-28-29-30-31-34-37-40-43-46-53(51-47(49)9-4,52-48(50)10-5,44-41-38-35-32-24-21-18-15-12-7-2)45-42-39-36-33-25-22-19-16-13-8-3/h53H,6-46H2,1-5H3. The van der Waals surface area contributed by atoms with Crippen LogP contribution in [0.1, 0.15) is 279 Å². The van der Waals surface area contributed by atoms with Crippen LogP contribution in [0, 0.1) is 0 Å². The van der Waals surface area contributed by atoms with Gasteiger partial charge in [0.1, 0.15) is 0 Å². The molecule has 0 N–H and O–H groups in total. The number of unbranched alkanes of at least 4 members (excludes halogenated alkanes) is 33. The van der Waals surface area contributed by atoms with Crippen LogP contribution in [0.2, 0.25) is 0 Å². The highest BCUT2D eigenvalue weighted by molar-refractivity contribution is 8.42. The molecule has 0 unspecified atom stereocenters. The summed E-state index contributed by atoms with van der Waals surface area (Å²) in [6, 6.07) is 0. The maximum atomic E-state index is 13.3. The minimum atomic E-state index is -3.51. The van der Waals surface area contributed by atoms with Crippen molar-refractivity contribution in [1.29, 1.82) is 0 Å². The van der Waals surface area contributed by atoms with E-state index in [9.17, 15) is 9.59 Å². The second kappa shape index (κ2) is 38.2. The third-order valence-corrected chi connectivity index (χ3v) is 17.0. The number of rotatable bonds is 43. The molecule has 0 aromatic rings. The lowest BCUT2D eigenvalue weighted by atomic mass is 10.0. The lowest BCUT2D eigenvalue weighted by Gasteiger charge is -2.66. The smallest absolute Gasteiger partial charge is 0.324 e. The fourth-order valence-corrected chi connectivity index (χ4v) is 13.5. The highest BCUT2D eigenvalue weighted by Gasteiger charge is 2.40. The van der Waals surface area contributed by atoms with Crippen molar-refractivity contribution in [3.8, 4) is 0 Å². The molecule has 0 rings (SSSR count). The normalized spacial score (nSPS) is 12.5. The average molecular weight is 771 g/mol. The Morgan fingerprint density at radius 1 is 0.283 bits per heavy atom. The summed E-state index contributed by atoms with van der Waals surface area (Å²) < 4.78 is 13.4. The number of carbonyl (C=O) groups excluding carboxylic acids is 2. The fraction of sp³-hybridized carbons (Fsp3) is 0.958. The topological polar surface area (TPSA) is 52.6 Å². The molecule has 0 aromatic heterocycles. The summed E-state index contributed by atoms with van der Waals surface area (Å²) in [5.41, 5.74) is 0. The zero-order valence-electron chi connectivity index (χ0n) is 37.1. The molecule has 0 aliphatic heterocycles. The van der Waals surface area contributed by atoms with Gasteiger partial charge in [-0.2, -0.15) is 0 Å². The van der Waals surface area contributed by atoms with E-state index in [1.807, 2.05) is 13.8 Å². The van der Waals surface area contributed by atoms with Gasteiger partial charge in [0.2, 0.25) is 0 Å². The first-order valence-corrected chi connectivity index (χ1v) is 27.0. The zero-order valence-corrected chi connectivity index (χ0v) is 38.0. The van der Waals surface area contributed by atoms with Crippen molar-refractivity contribution >= 4 is 21.7 Å². The molecule has 0 aliphatic carbocycles. The zero-order chi connectivity index (χ0) is 39.0. The highest BCUT2D eigenvalue weighted by atomic mass is 32.3. The van der Waals surface area contributed by atoms with E-state index in [1.165, 1.54) is 193 Å². The number of hydrogen-bond acceptors (Lipinski definition) is 4. The SMILES string of the molecule is CCCCCCCCCCCCCCCCCC[SH](CCCCCCCCCCCC)(CCCCCCCCCCCC)(OC(=O)CC)OC(=O)CC. The van der Waals surface area contributed by atoms with Gasteiger partial charge in [-0.25, -0.2) is 9.72 Å². The van der Waals surface area contributed by atoms with Crippen LogP contribution >= 0.6 is 9.72 Å². The molecule has 0 saturated carbocycles. The lowest BCUT2D eigenvalue weighted by molar-refractivity contribution is -0.137. The molecule has 53 heavy (non-hydrogen) atoms. The summed E-state index contributed by atoms with van der Waals surface area (Å²) in [5.74, 6) is 1.99. The summed E-state index contributed by atoms with van der Waals surface area (Å²) in [4.78, 5) is 26.5. The van der Waals surface area contributed by atoms with E-state index in [4.69, 9.17) is 8.37 Å². The summed E-state index contributed by atoms with van der Waals surface area (Å²) >= 11 is 0. The van der Waals surface area contributed by atoms with Gasteiger partial charge in [0.05, 0.1) is 0 Å². The van der Waals surface area contributed by atoms with E-state index >= 15 is 0 Å². The maximum absolute atomic E-state index is 13.3. The maximum Gasteiger partial charge on any atom is 0.324 e. The van der Waals surface area contributed by atoms with Gasteiger partial charge in [-0.1, -0.05) is 247 Å². The van der Waals surface area contributed by atoms with Crippen molar-refractivity contribution in [2.24, 2.45) is 0 Å². The molecule has 5 heteroatoms. The Balaban J connectivity index is 5.21. The van der Waals surface area contributed by atoms with Crippen molar-refractivity contribution in [3.63, 3.8) is 0 Å². The molecule has 0 saturated heterocycles. The molecule has 4 nitrogen and oxygen atoms in total. The van der Waals surface area contributed by atoms with Crippen LogP contribution in [0.3, 0.4) is 0 Å². The van der Waals surface area contributed by atoms with Crippen molar-refractivity contribution in [2.45, 2.75) is 279 Å². The van der Waals surface area contributed by atoms with Crippen LogP contribution in [-0.2, 0) is 18.0 Å². The Bertz CT molecular complexity index is 752. The van der Waals surface area contributed by atoms with Gasteiger partial charge in [-0.3, -0.25) is 9.59 Å². The van der Waals surface area contributed by atoms with Crippen LogP contribution < -0.4 is 0 Å². The summed E-state index contributed by atoms with van der Waals surface area (Å²) in [5, 5.41) is 0. The van der Waals surface area contributed by atoms with Gasteiger partial charge in [0.15, 0.2) is 0 Å². The monoisotopic (exact) mass is 771 g/mol. The number of thiol groups is 1. The third-order valence-electron chi connectivity index (χ3n) is 11.8. The first kappa shape index (κ1) is 52.3. The Morgan fingerprint density at radius 2 is 0.453 bits per heavy atom. The van der Waals surface area contributed by atoms with E-state index in [2.05, 4.69) is 20.8 Å². The summed E-state index contributed by atoms with van der Waals surface area (Å²) in [6.45, 7) is 10.6. The quantitative estimate of drug-likeness (QED) is 0.0496. The molecule has 0 heterocycles. The largest absolute Gasteiger partial charge is 0.376 e. The predicted octanol–water partition coefficient (Wildman–Crippen LogP) is 16.9. The average Bonchev–Trinajstić information content (AvgIpc) is 3.16. The van der Waals surface area contributed by atoms with E-state index in [0.29, 0.717) is 12.8 Å². The molecule has 0 amide bonds. The van der Waals surface area contributed by atoms with Gasteiger partial charge < -0.3 is 8.37 Å². The molecule has 0 aliphatic rings. The molecular weight excluding hydrogens is 673 g/mol. The van der Waals surface area contributed by atoms with Gasteiger partial charge in [0.25, 0.3) is 0 Å². The Morgan fingerprint density at radius 3 is 0.623 bits per heavy atom. The lowest BCUT2D eigenvalue weighted by Crippen LogP contribution is -2.38. The highest BCUT2D eigenvalue weighted by Crippen LogP contribution is 2.73. The van der Waals surface area contributed by atoms with Gasteiger partial charge in [-0.05, 0) is 19.3 Å². The van der Waals surface area contributed by atoms with Crippen LogP contribution in [0.4, 0.5) is 0 Å². The third kappa shape index (κ3) is 31.1. The second-order valence-corrected chi connectivity index (χ2v) is 21.7. The fourth-order valence-electron chi connectivity index (χ4n) is 8.19. The first-order valence-electron chi connectivity index (χ1n) is 24.4. The van der Waals surface area contributed by atoms with Crippen LogP contribution in [0.15, 0.2) is 0 Å². The summed E-state index contributed by atoms with van der Waals surface area (Å²) in [7, 11) is -3.51. The first-order chi connectivity index (χ1) is 25.9.